The van der Waals surface area contributed by atoms with Gasteiger partial charge in [-0.2, -0.15) is 5.26 Å². The zero-order valence-electron chi connectivity index (χ0n) is 10.5. The van der Waals surface area contributed by atoms with Crippen LogP contribution < -0.4 is 5.32 Å². The van der Waals surface area contributed by atoms with E-state index in [-0.39, 0.29) is 5.54 Å². The van der Waals surface area contributed by atoms with Crippen LogP contribution in [-0.2, 0) is 0 Å². The summed E-state index contributed by atoms with van der Waals surface area (Å²) in [7, 11) is 0. The SMILES string of the molecule is CC(C)CNC1(C#N)CCCC(C)C1C. The fourth-order valence-electron chi connectivity index (χ4n) is 2.50. The van der Waals surface area contributed by atoms with Crippen LogP contribution in [0.1, 0.15) is 47.0 Å². The fraction of sp³-hybridized carbons (Fsp3) is 0.923. The predicted molar refractivity (Wildman–Crippen MR) is 63.4 cm³/mol. The Morgan fingerprint density at radius 2 is 2.13 bits per heavy atom. The molecule has 2 nitrogen and oxygen atoms in total. The van der Waals surface area contributed by atoms with Gasteiger partial charge in [-0.05, 0) is 30.7 Å². The molecule has 0 heterocycles. The lowest BCUT2D eigenvalue weighted by atomic mass is 9.69. The van der Waals surface area contributed by atoms with Gasteiger partial charge in [-0.1, -0.05) is 40.5 Å². The van der Waals surface area contributed by atoms with E-state index in [1.54, 1.807) is 0 Å². The van der Waals surface area contributed by atoms with Gasteiger partial charge in [0.05, 0.1) is 6.07 Å². The molecule has 86 valence electrons. The molecule has 1 saturated carbocycles. The Bertz CT molecular complexity index is 241. The zero-order chi connectivity index (χ0) is 11.5. The second-order valence-corrected chi connectivity index (χ2v) is 5.52. The Morgan fingerprint density at radius 1 is 1.47 bits per heavy atom. The van der Waals surface area contributed by atoms with Crippen LogP contribution >= 0.6 is 0 Å². The van der Waals surface area contributed by atoms with Gasteiger partial charge < -0.3 is 0 Å². The first-order chi connectivity index (χ1) is 7.02. The Labute approximate surface area is 94.1 Å². The van der Waals surface area contributed by atoms with Gasteiger partial charge in [-0.3, -0.25) is 5.32 Å². The second kappa shape index (κ2) is 4.99. The molecule has 0 aromatic heterocycles. The van der Waals surface area contributed by atoms with Gasteiger partial charge in [-0.15, -0.1) is 0 Å². The van der Waals surface area contributed by atoms with Gasteiger partial charge in [0.1, 0.15) is 5.54 Å². The summed E-state index contributed by atoms with van der Waals surface area (Å²) in [5.74, 6) is 1.74. The lowest BCUT2D eigenvalue weighted by Gasteiger charge is -2.42. The summed E-state index contributed by atoms with van der Waals surface area (Å²) in [6.07, 6.45) is 3.47. The smallest absolute Gasteiger partial charge is 0.109 e. The van der Waals surface area contributed by atoms with Crippen molar-refractivity contribution >= 4 is 0 Å². The van der Waals surface area contributed by atoms with Gasteiger partial charge in [0, 0.05) is 0 Å². The Balaban J connectivity index is 2.70. The molecule has 0 radical (unpaired) electrons. The molecule has 0 aliphatic heterocycles. The summed E-state index contributed by atoms with van der Waals surface area (Å²) >= 11 is 0. The zero-order valence-corrected chi connectivity index (χ0v) is 10.5. The largest absolute Gasteiger partial charge is 0.299 e. The fourth-order valence-corrected chi connectivity index (χ4v) is 2.50. The van der Waals surface area contributed by atoms with Crippen molar-refractivity contribution in [1.82, 2.24) is 5.32 Å². The van der Waals surface area contributed by atoms with Crippen LogP contribution in [0, 0.1) is 29.1 Å². The van der Waals surface area contributed by atoms with Crippen molar-refractivity contribution in [2.75, 3.05) is 6.54 Å². The summed E-state index contributed by atoms with van der Waals surface area (Å²) in [5.41, 5.74) is -0.262. The highest BCUT2D eigenvalue weighted by Gasteiger charge is 2.41. The van der Waals surface area contributed by atoms with Gasteiger partial charge >= 0.3 is 0 Å². The molecule has 0 aromatic carbocycles. The molecule has 0 bridgehead atoms. The molecule has 15 heavy (non-hydrogen) atoms. The number of hydrogen-bond acceptors (Lipinski definition) is 2. The van der Waals surface area contributed by atoms with Crippen LogP contribution in [0.5, 0.6) is 0 Å². The lowest BCUT2D eigenvalue weighted by Crippen LogP contribution is -2.54. The minimum atomic E-state index is -0.262. The maximum absolute atomic E-state index is 9.43. The van der Waals surface area contributed by atoms with Crippen LogP contribution in [0.4, 0.5) is 0 Å². The van der Waals surface area contributed by atoms with Crippen LogP contribution in [0.2, 0.25) is 0 Å². The average molecular weight is 208 g/mol. The van der Waals surface area contributed by atoms with E-state index in [4.69, 9.17) is 0 Å². The van der Waals surface area contributed by atoms with E-state index in [9.17, 15) is 5.26 Å². The van der Waals surface area contributed by atoms with Crippen molar-refractivity contribution in [3.05, 3.63) is 0 Å². The molecule has 1 aliphatic carbocycles. The average Bonchev–Trinajstić information content (AvgIpc) is 2.21. The summed E-state index contributed by atoms with van der Waals surface area (Å²) in [6.45, 7) is 9.82. The first kappa shape index (κ1) is 12.5. The Kier molecular flexibility index (Phi) is 4.16. The maximum atomic E-state index is 9.43. The number of nitrogens with one attached hydrogen (secondary N) is 1. The monoisotopic (exact) mass is 208 g/mol. The van der Waals surface area contributed by atoms with E-state index >= 15 is 0 Å². The number of rotatable bonds is 3. The molecule has 0 aromatic rings. The molecule has 2 heteroatoms. The van der Waals surface area contributed by atoms with Gasteiger partial charge in [0.2, 0.25) is 0 Å². The van der Waals surface area contributed by atoms with Crippen molar-refractivity contribution in [2.24, 2.45) is 17.8 Å². The highest BCUT2D eigenvalue weighted by molar-refractivity contribution is 5.12. The second-order valence-electron chi connectivity index (χ2n) is 5.52. The van der Waals surface area contributed by atoms with Crippen molar-refractivity contribution < 1.29 is 0 Å². The topological polar surface area (TPSA) is 35.8 Å². The molecule has 0 amide bonds. The first-order valence-corrected chi connectivity index (χ1v) is 6.18. The van der Waals surface area contributed by atoms with E-state index < -0.39 is 0 Å². The molecule has 3 atom stereocenters. The third-order valence-corrected chi connectivity index (χ3v) is 3.89. The van der Waals surface area contributed by atoms with E-state index in [2.05, 4.69) is 39.1 Å². The molecule has 0 saturated heterocycles. The molecule has 0 spiro atoms. The molecule has 1 fully saturated rings. The van der Waals surface area contributed by atoms with Crippen molar-refractivity contribution in [3.8, 4) is 6.07 Å². The summed E-state index contributed by atoms with van der Waals surface area (Å²) in [4.78, 5) is 0. The molecule has 1 N–H and O–H groups in total. The van der Waals surface area contributed by atoms with Crippen molar-refractivity contribution in [2.45, 2.75) is 52.5 Å². The highest BCUT2D eigenvalue weighted by Crippen LogP contribution is 2.37. The summed E-state index contributed by atoms with van der Waals surface area (Å²) in [6, 6.07) is 2.54. The van der Waals surface area contributed by atoms with Crippen molar-refractivity contribution in [3.63, 3.8) is 0 Å². The number of nitrogens with zero attached hydrogens (tertiary/aromatic N) is 1. The van der Waals surface area contributed by atoms with Crippen LogP contribution in [0.15, 0.2) is 0 Å². The molecule has 1 aliphatic rings. The third-order valence-electron chi connectivity index (χ3n) is 3.89. The van der Waals surface area contributed by atoms with Crippen LogP contribution in [-0.4, -0.2) is 12.1 Å². The lowest BCUT2D eigenvalue weighted by molar-refractivity contribution is 0.149. The highest BCUT2D eigenvalue weighted by atomic mass is 15.0. The maximum Gasteiger partial charge on any atom is 0.109 e. The molecule has 1 rings (SSSR count). The Morgan fingerprint density at radius 3 is 2.67 bits per heavy atom. The minimum absolute atomic E-state index is 0.262. The van der Waals surface area contributed by atoms with E-state index in [1.165, 1.54) is 12.8 Å². The predicted octanol–water partition coefficient (Wildman–Crippen LogP) is 2.95. The van der Waals surface area contributed by atoms with E-state index in [1.807, 2.05) is 0 Å². The van der Waals surface area contributed by atoms with Gasteiger partial charge in [0.25, 0.3) is 0 Å². The van der Waals surface area contributed by atoms with E-state index in [0.29, 0.717) is 17.8 Å². The molecular weight excluding hydrogens is 184 g/mol. The van der Waals surface area contributed by atoms with Crippen LogP contribution in [0.3, 0.4) is 0 Å². The molecule has 3 unspecified atom stereocenters. The van der Waals surface area contributed by atoms with E-state index in [0.717, 1.165) is 13.0 Å². The summed E-state index contributed by atoms with van der Waals surface area (Å²) < 4.78 is 0. The normalized spacial score (nSPS) is 36.5. The molecular formula is C13H24N2. The number of nitriles is 1. The number of hydrogen-bond donors (Lipinski definition) is 1. The standard InChI is InChI=1S/C13H24N2/c1-10(2)8-15-13(9-14)7-5-6-11(3)12(13)4/h10-12,15H,5-8H2,1-4H3. The first-order valence-electron chi connectivity index (χ1n) is 6.18. The Hall–Kier alpha value is -0.550. The van der Waals surface area contributed by atoms with Crippen LogP contribution in [0.25, 0.3) is 0 Å². The quantitative estimate of drug-likeness (QED) is 0.774. The van der Waals surface area contributed by atoms with Gasteiger partial charge in [-0.25, -0.2) is 0 Å². The summed E-state index contributed by atoms with van der Waals surface area (Å²) in [5, 5.41) is 12.9. The van der Waals surface area contributed by atoms with Crippen molar-refractivity contribution in [1.29, 1.82) is 5.26 Å². The van der Waals surface area contributed by atoms with Gasteiger partial charge in [0.15, 0.2) is 0 Å². The minimum Gasteiger partial charge on any atom is -0.299 e. The third kappa shape index (κ3) is 2.72.